The fourth-order valence-corrected chi connectivity index (χ4v) is 3.24. The summed E-state index contributed by atoms with van der Waals surface area (Å²) in [6.45, 7) is 4.16. The highest BCUT2D eigenvalue weighted by molar-refractivity contribution is 7.89. The highest BCUT2D eigenvalue weighted by Crippen LogP contribution is 2.13. The first-order valence-corrected chi connectivity index (χ1v) is 8.05. The normalized spacial score (nSPS) is 13.4. The Morgan fingerprint density at radius 3 is 2.55 bits per heavy atom. The Morgan fingerprint density at radius 1 is 1.35 bits per heavy atom. The number of benzene rings is 1. The van der Waals surface area contributed by atoms with Crippen LogP contribution >= 0.6 is 0 Å². The number of Topliss-reactive ketones (excluding diaryl/α,β-unsaturated/α-hetero) is 1. The summed E-state index contributed by atoms with van der Waals surface area (Å²) in [6, 6.07) is 5.94. The van der Waals surface area contributed by atoms with Crippen molar-refractivity contribution in [2.75, 3.05) is 20.6 Å². The van der Waals surface area contributed by atoms with Gasteiger partial charge in [-0.05, 0) is 33.2 Å². The van der Waals surface area contributed by atoms with E-state index in [0.29, 0.717) is 18.5 Å². The van der Waals surface area contributed by atoms with Crippen molar-refractivity contribution in [3.05, 3.63) is 29.8 Å². The van der Waals surface area contributed by atoms with Crippen LogP contribution in [0.15, 0.2) is 29.2 Å². The number of sulfonamides is 1. The molecule has 0 aromatic heterocycles. The van der Waals surface area contributed by atoms with Gasteiger partial charge in [0.2, 0.25) is 10.0 Å². The Labute approximate surface area is 121 Å². The van der Waals surface area contributed by atoms with E-state index in [0.717, 1.165) is 0 Å². The maximum atomic E-state index is 12.2. The van der Waals surface area contributed by atoms with Crippen LogP contribution in [0.3, 0.4) is 0 Å². The molecule has 20 heavy (non-hydrogen) atoms. The lowest BCUT2D eigenvalue weighted by molar-refractivity contribution is 0.0988. The third kappa shape index (κ3) is 4.70. The highest BCUT2D eigenvalue weighted by atomic mass is 32.2. The van der Waals surface area contributed by atoms with Crippen LogP contribution in [0.4, 0.5) is 0 Å². The van der Waals surface area contributed by atoms with Crippen LogP contribution in [-0.4, -0.2) is 45.8 Å². The van der Waals surface area contributed by atoms with E-state index < -0.39 is 10.0 Å². The van der Waals surface area contributed by atoms with Gasteiger partial charge in [-0.15, -0.1) is 0 Å². The summed E-state index contributed by atoms with van der Waals surface area (Å²) in [4.78, 5) is 13.7. The fraction of sp³-hybridized carbons (Fsp3) is 0.500. The van der Waals surface area contributed by atoms with Crippen molar-refractivity contribution in [1.29, 1.82) is 0 Å². The molecule has 1 aromatic rings. The second-order valence-corrected chi connectivity index (χ2v) is 6.80. The summed E-state index contributed by atoms with van der Waals surface area (Å²) in [5.41, 5.74) is 0.427. The lowest BCUT2D eigenvalue weighted by atomic mass is 10.1. The monoisotopic (exact) mass is 298 g/mol. The van der Waals surface area contributed by atoms with Gasteiger partial charge >= 0.3 is 0 Å². The van der Waals surface area contributed by atoms with Gasteiger partial charge in [-0.2, -0.15) is 0 Å². The highest BCUT2D eigenvalue weighted by Gasteiger charge is 2.18. The molecule has 0 aliphatic carbocycles. The van der Waals surface area contributed by atoms with Gasteiger partial charge in [0, 0.05) is 24.6 Å². The van der Waals surface area contributed by atoms with Crippen molar-refractivity contribution in [2.24, 2.45) is 0 Å². The summed E-state index contributed by atoms with van der Waals surface area (Å²) in [6.07, 6.45) is 0.355. The fourth-order valence-electron chi connectivity index (χ4n) is 1.96. The number of carbonyl (C=O) groups excluding carboxylic acids is 1. The maximum Gasteiger partial charge on any atom is 0.240 e. The molecule has 0 spiro atoms. The summed E-state index contributed by atoms with van der Waals surface area (Å²) >= 11 is 0. The van der Waals surface area contributed by atoms with Crippen LogP contribution in [0.1, 0.15) is 30.6 Å². The van der Waals surface area contributed by atoms with E-state index in [-0.39, 0.29) is 16.7 Å². The number of hydrogen-bond donors (Lipinski definition) is 1. The molecule has 6 heteroatoms. The molecule has 5 nitrogen and oxygen atoms in total. The predicted octanol–water partition coefficient (Wildman–Crippen LogP) is 1.51. The lowest BCUT2D eigenvalue weighted by Crippen LogP contribution is -2.39. The van der Waals surface area contributed by atoms with Gasteiger partial charge in [0.1, 0.15) is 0 Å². The zero-order valence-electron chi connectivity index (χ0n) is 12.4. The molecule has 0 fully saturated rings. The van der Waals surface area contributed by atoms with Gasteiger partial charge in [-0.3, -0.25) is 4.79 Å². The molecule has 1 atom stereocenters. The number of hydrogen-bond acceptors (Lipinski definition) is 4. The quantitative estimate of drug-likeness (QED) is 0.775. The van der Waals surface area contributed by atoms with E-state index >= 15 is 0 Å². The van der Waals surface area contributed by atoms with Crippen LogP contribution < -0.4 is 4.72 Å². The smallest absolute Gasteiger partial charge is 0.240 e. The molecule has 0 amide bonds. The molecule has 0 aliphatic rings. The number of nitrogens with one attached hydrogen (secondary N) is 1. The third-order valence-corrected chi connectivity index (χ3v) is 4.37. The molecule has 1 rings (SSSR count). The summed E-state index contributed by atoms with van der Waals surface area (Å²) in [5, 5.41) is 0. The molecular weight excluding hydrogens is 276 g/mol. The van der Waals surface area contributed by atoms with E-state index in [1.54, 1.807) is 26.0 Å². The van der Waals surface area contributed by atoms with Crippen molar-refractivity contribution >= 4 is 15.8 Å². The largest absolute Gasteiger partial charge is 0.308 e. The summed E-state index contributed by atoms with van der Waals surface area (Å²) < 4.78 is 27.1. The van der Waals surface area contributed by atoms with Crippen LogP contribution in [-0.2, 0) is 10.0 Å². The number of carbonyl (C=O) groups is 1. The Balaban J connectivity index is 2.95. The minimum Gasteiger partial charge on any atom is -0.308 e. The Hall–Kier alpha value is -1.24. The Kier molecular flexibility index (Phi) is 5.86. The number of rotatable bonds is 7. The molecule has 0 saturated heterocycles. The van der Waals surface area contributed by atoms with Gasteiger partial charge in [0.15, 0.2) is 5.78 Å². The SMILES string of the molecule is CCC(=O)c1cccc(S(=O)(=O)NC(C)CN(C)C)c1. The standard InChI is InChI=1S/C14H22N2O3S/c1-5-14(17)12-7-6-8-13(9-12)20(18,19)15-11(2)10-16(3)4/h6-9,11,15H,5,10H2,1-4H3. The van der Waals surface area contributed by atoms with Crippen molar-refractivity contribution in [3.8, 4) is 0 Å². The molecule has 1 aromatic carbocycles. The lowest BCUT2D eigenvalue weighted by Gasteiger charge is -2.18. The first kappa shape index (κ1) is 16.8. The zero-order valence-corrected chi connectivity index (χ0v) is 13.2. The molecule has 1 N–H and O–H groups in total. The number of nitrogens with zero attached hydrogens (tertiary/aromatic N) is 1. The topological polar surface area (TPSA) is 66.5 Å². The van der Waals surface area contributed by atoms with Crippen molar-refractivity contribution in [2.45, 2.75) is 31.2 Å². The minimum atomic E-state index is -3.60. The molecule has 112 valence electrons. The van der Waals surface area contributed by atoms with Crippen LogP contribution in [0.25, 0.3) is 0 Å². The summed E-state index contributed by atoms with van der Waals surface area (Å²) in [5.74, 6) is -0.0663. The van der Waals surface area contributed by atoms with Crippen LogP contribution in [0, 0.1) is 0 Å². The number of likely N-dealkylation sites (N-methyl/N-ethyl adjacent to an activating group) is 1. The zero-order chi connectivity index (χ0) is 15.3. The Morgan fingerprint density at radius 2 is 2.00 bits per heavy atom. The first-order valence-electron chi connectivity index (χ1n) is 6.56. The first-order chi connectivity index (χ1) is 9.26. The van der Waals surface area contributed by atoms with Crippen molar-refractivity contribution in [1.82, 2.24) is 9.62 Å². The molecule has 0 bridgehead atoms. The van der Waals surface area contributed by atoms with Gasteiger partial charge < -0.3 is 4.90 Å². The van der Waals surface area contributed by atoms with Gasteiger partial charge in [0.05, 0.1) is 4.90 Å². The third-order valence-electron chi connectivity index (χ3n) is 2.78. The van der Waals surface area contributed by atoms with E-state index in [4.69, 9.17) is 0 Å². The van der Waals surface area contributed by atoms with Crippen molar-refractivity contribution in [3.63, 3.8) is 0 Å². The van der Waals surface area contributed by atoms with E-state index in [1.165, 1.54) is 12.1 Å². The van der Waals surface area contributed by atoms with Gasteiger partial charge in [-0.1, -0.05) is 19.1 Å². The van der Waals surface area contributed by atoms with E-state index in [1.807, 2.05) is 19.0 Å². The van der Waals surface area contributed by atoms with E-state index in [9.17, 15) is 13.2 Å². The van der Waals surface area contributed by atoms with Gasteiger partial charge in [0.25, 0.3) is 0 Å². The van der Waals surface area contributed by atoms with Crippen LogP contribution in [0.5, 0.6) is 0 Å². The average Bonchev–Trinajstić information content (AvgIpc) is 2.36. The van der Waals surface area contributed by atoms with Crippen LogP contribution in [0.2, 0.25) is 0 Å². The molecule has 0 radical (unpaired) electrons. The Bertz CT molecular complexity index is 568. The molecule has 0 saturated carbocycles. The predicted molar refractivity (Wildman–Crippen MR) is 79.4 cm³/mol. The minimum absolute atomic E-state index is 0.0663. The van der Waals surface area contributed by atoms with Crippen molar-refractivity contribution < 1.29 is 13.2 Å². The van der Waals surface area contributed by atoms with Gasteiger partial charge in [-0.25, -0.2) is 13.1 Å². The summed E-state index contributed by atoms with van der Waals surface area (Å²) in [7, 11) is 0.162. The number of ketones is 1. The molecule has 0 heterocycles. The average molecular weight is 298 g/mol. The second kappa shape index (κ2) is 6.97. The molecule has 0 aliphatic heterocycles. The molecule has 1 unspecified atom stereocenters. The van der Waals surface area contributed by atoms with E-state index in [2.05, 4.69) is 4.72 Å². The second-order valence-electron chi connectivity index (χ2n) is 5.09. The molecular formula is C14H22N2O3S. The maximum absolute atomic E-state index is 12.2.